The lowest BCUT2D eigenvalue weighted by molar-refractivity contribution is -0.231. The number of carbonyl (C=O) groups is 2. The van der Waals surface area contributed by atoms with Crippen LogP contribution in [-0.4, -0.2) is 60.1 Å². The first-order valence-corrected chi connectivity index (χ1v) is 10.5. The number of hydrogen-bond donors (Lipinski definition) is 2. The van der Waals surface area contributed by atoms with Crippen molar-refractivity contribution in [2.24, 2.45) is 0 Å². The summed E-state index contributed by atoms with van der Waals surface area (Å²) in [4.78, 5) is 25.6. The third-order valence-corrected chi connectivity index (χ3v) is 5.45. The minimum absolute atomic E-state index is 0.338. The number of aryl methyl sites for hydroxylation is 1. The van der Waals surface area contributed by atoms with Gasteiger partial charge in [-0.1, -0.05) is 12.1 Å². The topological polar surface area (TPSA) is 104 Å². The summed E-state index contributed by atoms with van der Waals surface area (Å²) >= 11 is 0. The summed E-state index contributed by atoms with van der Waals surface area (Å²) in [6.07, 6.45) is -3.54. The predicted octanol–water partition coefficient (Wildman–Crippen LogP) is 1.83. The van der Waals surface area contributed by atoms with E-state index in [2.05, 4.69) is 10.6 Å². The molecule has 0 aliphatic carbocycles. The van der Waals surface area contributed by atoms with Crippen LogP contribution in [0.25, 0.3) is 0 Å². The largest absolute Gasteiger partial charge is 0.342 e. The second-order valence-corrected chi connectivity index (χ2v) is 9.18. The Kier molecular flexibility index (Phi) is 5.60. The van der Waals surface area contributed by atoms with E-state index in [0.29, 0.717) is 5.69 Å². The molecule has 9 nitrogen and oxygen atoms in total. The Bertz CT molecular complexity index is 871. The Labute approximate surface area is 181 Å². The maximum absolute atomic E-state index is 13.1. The minimum atomic E-state index is -1.01. The molecule has 0 spiro atoms. The minimum Gasteiger partial charge on any atom is -0.342 e. The number of hydrogen-bond acceptors (Lipinski definition) is 7. The third kappa shape index (κ3) is 4.61. The standard InChI is InChI=1S/C22H30N2O7/c1-11-8-7-9-13(10-11)24-18(25)12(2)23-19(26)16-14-15(29-21(3,4)28-14)17-20(27-16)31-22(5,6)30-17/h7-10,12,14-17,20H,1-6H3,(H,23,26)(H,24,25)/t12-,14-,15-,16+,17-,20+/m0/s1. The summed E-state index contributed by atoms with van der Waals surface area (Å²) < 4.78 is 29.7. The lowest BCUT2D eigenvalue weighted by Crippen LogP contribution is -2.60. The Morgan fingerprint density at radius 3 is 2.32 bits per heavy atom. The van der Waals surface area contributed by atoms with E-state index in [1.54, 1.807) is 40.7 Å². The monoisotopic (exact) mass is 434 g/mol. The number of benzene rings is 1. The van der Waals surface area contributed by atoms with Gasteiger partial charge in [-0.25, -0.2) is 0 Å². The lowest BCUT2D eigenvalue weighted by Gasteiger charge is -2.36. The van der Waals surface area contributed by atoms with Crippen molar-refractivity contribution in [3.63, 3.8) is 0 Å². The maximum Gasteiger partial charge on any atom is 0.252 e. The van der Waals surface area contributed by atoms with Crippen LogP contribution in [0.15, 0.2) is 24.3 Å². The molecule has 3 saturated heterocycles. The number of nitrogens with one attached hydrogen (secondary N) is 2. The second-order valence-electron chi connectivity index (χ2n) is 9.18. The van der Waals surface area contributed by atoms with Gasteiger partial charge in [-0.3, -0.25) is 9.59 Å². The van der Waals surface area contributed by atoms with Gasteiger partial charge in [0.1, 0.15) is 24.4 Å². The van der Waals surface area contributed by atoms with Gasteiger partial charge in [0.25, 0.3) is 5.91 Å². The first kappa shape index (κ1) is 22.2. The van der Waals surface area contributed by atoms with Crippen molar-refractivity contribution < 1.29 is 33.3 Å². The van der Waals surface area contributed by atoms with Crippen molar-refractivity contribution in [2.45, 2.75) is 89.9 Å². The fraction of sp³-hybridized carbons (Fsp3) is 0.636. The molecule has 3 aliphatic rings. The van der Waals surface area contributed by atoms with Gasteiger partial charge in [-0.15, -0.1) is 0 Å². The lowest BCUT2D eigenvalue weighted by atomic mass is 9.98. The fourth-order valence-electron chi connectivity index (χ4n) is 4.16. The van der Waals surface area contributed by atoms with Gasteiger partial charge in [0.2, 0.25) is 5.91 Å². The Morgan fingerprint density at radius 1 is 0.968 bits per heavy atom. The van der Waals surface area contributed by atoms with Crippen molar-refractivity contribution in [2.75, 3.05) is 5.32 Å². The number of fused-ring (bicyclic) bond motifs is 3. The second kappa shape index (κ2) is 7.83. The van der Waals surface area contributed by atoms with E-state index in [0.717, 1.165) is 5.56 Å². The summed E-state index contributed by atoms with van der Waals surface area (Å²) in [5.74, 6) is -2.59. The summed E-state index contributed by atoms with van der Waals surface area (Å²) in [7, 11) is 0. The number of carbonyl (C=O) groups excluding carboxylic acids is 2. The van der Waals surface area contributed by atoms with Gasteiger partial charge >= 0.3 is 0 Å². The summed E-state index contributed by atoms with van der Waals surface area (Å²) in [6, 6.07) is 6.64. The van der Waals surface area contributed by atoms with Crippen LogP contribution < -0.4 is 10.6 Å². The molecule has 2 N–H and O–H groups in total. The molecular formula is C22H30N2O7. The van der Waals surface area contributed by atoms with Crippen molar-refractivity contribution in [3.8, 4) is 0 Å². The van der Waals surface area contributed by atoms with Crippen LogP contribution in [0.1, 0.15) is 40.2 Å². The highest BCUT2D eigenvalue weighted by molar-refractivity contribution is 5.97. The number of ether oxygens (including phenoxy) is 5. The molecule has 0 unspecified atom stereocenters. The zero-order valence-corrected chi connectivity index (χ0v) is 18.6. The zero-order valence-electron chi connectivity index (χ0n) is 18.6. The van der Waals surface area contributed by atoms with Gasteiger partial charge in [-0.05, 0) is 59.2 Å². The highest BCUT2D eigenvalue weighted by Gasteiger charge is 2.62. The maximum atomic E-state index is 13.1. The molecule has 2 amide bonds. The average Bonchev–Trinajstić information content (AvgIpc) is 3.14. The van der Waals surface area contributed by atoms with Crippen LogP contribution in [0.5, 0.6) is 0 Å². The molecule has 4 rings (SSSR count). The normalized spacial score (nSPS) is 33.8. The van der Waals surface area contributed by atoms with Crippen molar-refractivity contribution in [1.82, 2.24) is 5.32 Å². The first-order chi connectivity index (χ1) is 14.4. The Hall–Kier alpha value is -2.04. The van der Waals surface area contributed by atoms with Gasteiger partial charge in [0.15, 0.2) is 24.0 Å². The molecule has 1 aromatic rings. The first-order valence-electron chi connectivity index (χ1n) is 10.5. The van der Waals surface area contributed by atoms with E-state index >= 15 is 0 Å². The molecule has 0 saturated carbocycles. The molecular weight excluding hydrogens is 404 g/mol. The molecule has 0 aromatic heterocycles. The van der Waals surface area contributed by atoms with Crippen LogP contribution in [0, 0.1) is 6.92 Å². The van der Waals surface area contributed by atoms with E-state index in [1.807, 2.05) is 25.1 Å². The van der Waals surface area contributed by atoms with Gasteiger partial charge in [0, 0.05) is 5.69 Å². The Morgan fingerprint density at radius 2 is 1.61 bits per heavy atom. The van der Waals surface area contributed by atoms with Crippen LogP contribution >= 0.6 is 0 Å². The number of amides is 2. The highest BCUT2D eigenvalue weighted by atomic mass is 16.9. The quantitative estimate of drug-likeness (QED) is 0.745. The van der Waals surface area contributed by atoms with E-state index in [1.165, 1.54) is 0 Å². The zero-order chi connectivity index (χ0) is 22.6. The smallest absolute Gasteiger partial charge is 0.252 e. The van der Waals surface area contributed by atoms with Gasteiger partial charge in [0.05, 0.1) is 0 Å². The number of anilines is 1. The molecule has 0 bridgehead atoms. The Balaban J connectivity index is 1.45. The van der Waals surface area contributed by atoms with Crippen LogP contribution in [0.4, 0.5) is 5.69 Å². The van der Waals surface area contributed by atoms with Crippen molar-refractivity contribution in [1.29, 1.82) is 0 Å². The SMILES string of the molecule is Cc1cccc(NC(=O)[C@H](C)NC(=O)[C@@H]2O[C@@H]3OC(C)(C)O[C@H]3[C@H]3OC(C)(C)O[C@@H]32)c1. The van der Waals surface area contributed by atoms with Gasteiger partial charge < -0.3 is 34.3 Å². The molecule has 0 radical (unpaired) electrons. The van der Waals surface area contributed by atoms with Crippen LogP contribution in [0.2, 0.25) is 0 Å². The highest BCUT2D eigenvalue weighted by Crippen LogP contribution is 2.44. The average molecular weight is 434 g/mol. The van der Waals surface area contributed by atoms with E-state index in [9.17, 15) is 9.59 Å². The van der Waals surface area contributed by atoms with E-state index < -0.39 is 54.2 Å². The molecule has 1 aromatic carbocycles. The summed E-state index contributed by atoms with van der Waals surface area (Å²) in [5.41, 5.74) is 1.68. The van der Waals surface area contributed by atoms with Crippen molar-refractivity contribution in [3.05, 3.63) is 29.8 Å². The molecule has 3 heterocycles. The number of rotatable bonds is 4. The molecule has 170 valence electrons. The molecule has 6 atom stereocenters. The van der Waals surface area contributed by atoms with E-state index in [-0.39, 0.29) is 5.91 Å². The van der Waals surface area contributed by atoms with Crippen LogP contribution in [0.3, 0.4) is 0 Å². The molecule has 31 heavy (non-hydrogen) atoms. The molecule has 9 heteroatoms. The van der Waals surface area contributed by atoms with Crippen LogP contribution in [-0.2, 0) is 33.3 Å². The predicted molar refractivity (Wildman–Crippen MR) is 110 cm³/mol. The van der Waals surface area contributed by atoms with Crippen molar-refractivity contribution >= 4 is 17.5 Å². The molecule has 3 fully saturated rings. The van der Waals surface area contributed by atoms with E-state index in [4.69, 9.17) is 23.7 Å². The fourth-order valence-corrected chi connectivity index (χ4v) is 4.16. The summed E-state index contributed by atoms with van der Waals surface area (Å²) in [6.45, 7) is 10.6. The van der Waals surface area contributed by atoms with Gasteiger partial charge in [-0.2, -0.15) is 0 Å². The molecule has 3 aliphatic heterocycles. The summed E-state index contributed by atoms with van der Waals surface area (Å²) in [5, 5.41) is 5.52. The third-order valence-electron chi connectivity index (χ3n) is 5.45.